The molecule has 1 heterocycles. The lowest BCUT2D eigenvalue weighted by molar-refractivity contribution is -0.384. The Hall–Kier alpha value is -3.26. The summed E-state index contributed by atoms with van der Waals surface area (Å²) < 4.78 is 18.2. The number of methoxy groups -OCH3 is 1. The number of nitro benzene ring substituents is 1. The average molecular weight is 372 g/mol. The summed E-state index contributed by atoms with van der Waals surface area (Å²) in [5, 5.41) is 13.5. The van der Waals surface area contributed by atoms with Gasteiger partial charge in [-0.25, -0.2) is 4.39 Å². The summed E-state index contributed by atoms with van der Waals surface area (Å²) in [4.78, 5) is 24.1. The normalized spacial score (nSPS) is 10.4. The van der Waals surface area contributed by atoms with E-state index in [0.29, 0.717) is 10.6 Å². The highest BCUT2D eigenvalue weighted by atomic mass is 32.1. The molecule has 1 amide bonds. The molecular formula is C18H13FN2O4S. The minimum Gasteiger partial charge on any atom is -0.495 e. The van der Waals surface area contributed by atoms with Crippen molar-refractivity contribution in [1.82, 2.24) is 0 Å². The summed E-state index contributed by atoms with van der Waals surface area (Å²) >= 11 is 1.23. The van der Waals surface area contributed by atoms with Crippen LogP contribution in [-0.2, 0) is 0 Å². The molecule has 0 aliphatic heterocycles. The van der Waals surface area contributed by atoms with Crippen molar-refractivity contribution in [3.63, 3.8) is 0 Å². The second kappa shape index (κ2) is 7.32. The third kappa shape index (κ3) is 3.70. The molecule has 0 saturated carbocycles. The number of amides is 1. The van der Waals surface area contributed by atoms with Gasteiger partial charge in [-0.3, -0.25) is 14.9 Å². The summed E-state index contributed by atoms with van der Waals surface area (Å²) in [5.41, 5.74) is 0.853. The van der Waals surface area contributed by atoms with Crippen LogP contribution < -0.4 is 10.1 Å². The van der Waals surface area contributed by atoms with Crippen LogP contribution in [0.5, 0.6) is 5.75 Å². The lowest BCUT2D eigenvalue weighted by atomic mass is 10.2. The highest BCUT2D eigenvalue weighted by Crippen LogP contribution is 2.32. The van der Waals surface area contributed by atoms with Crippen molar-refractivity contribution < 1.29 is 18.8 Å². The van der Waals surface area contributed by atoms with Crippen LogP contribution in [0.15, 0.2) is 54.6 Å². The van der Waals surface area contributed by atoms with E-state index in [2.05, 4.69) is 5.32 Å². The number of hydrogen-bond acceptors (Lipinski definition) is 5. The van der Waals surface area contributed by atoms with E-state index in [-0.39, 0.29) is 17.2 Å². The molecule has 0 radical (unpaired) electrons. The van der Waals surface area contributed by atoms with Crippen molar-refractivity contribution >= 4 is 28.6 Å². The van der Waals surface area contributed by atoms with E-state index in [4.69, 9.17) is 4.74 Å². The van der Waals surface area contributed by atoms with Crippen LogP contribution in [0.1, 0.15) is 9.67 Å². The molecule has 132 valence electrons. The largest absolute Gasteiger partial charge is 0.495 e. The molecule has 3 aromatic rings. The lowest BCUT2D eigenvalue weighted by Crippen LogP contribution is -2.11. The van der Waals surface area contributed by atoms with E-state index >= 15 is 0 Å². The van der Waals surface area contributed by atoms with Gasteiger partial charge in [-0.05, 0) is 35.9 Å². The van der Waals surface area contributed by atoms with Crippen molar-refractivity contribution in [1.29, 1.82) is 0 Å². The van der Waals surface area contributed by atoms with Crippen LogP contribution in [0.4, 0.5) is 15.8 Å². The molecule has 0 atom stereocenters. The van der Waals surface area contributed by atoms with Gasteiger partial charge < -0.3 is 10.1 Å². The third-order valence-electron chi connectivity index (χ3n) is 3.60. The first-order valence-electron chi connectivity index (χ1n) is 7.47. The van der Waals surface area contributed by atoms with E-state index in [1.165, 1.54) is 48.8 Å². The average Bonchev–Trinajstić information content (AvgIpc) is 3.12. The first kappa shape index (κ1) is 17.6. The van der Waals surface area contributed by atoms with Gasteiger partial charge in [0.25, 0.3) is 11.6 Å². The Kier molecular flexibility index (Phi) is 4.94. The fourth-order valence-electron chi connectivity index (χ4n) is 2.32. The second-order valence-electron chi connectivity index (χ2n) is 5.27. The van der Waals surface area contributed by atoms with Crippen LogP contribution in [0, 0.1) is 15.9 Å². The zero-order chi connectivity index (χ0) is 18.7. The van der Waals surface area contributed by atoms with Crippen LogP contribution in [0.3, 0.4) is 0 Å². The number of nitrogens with zero attached hydrogens (tertiary/aromatic N) is 1. The molecule has 1 N–H and O–H groups in total. The molecule has 0 aliphatic rings. The smallest absolute Gasteiger partial charge is 0.271 e. The molecule has 0 saturated heterocycles. The van der Waals surface area contributed by atoms with E-state index in [1.807, 2.05) is 0 Å². The van der Waals surface area contributed by atoms with Crippen LogP contribution in [0.2, 0.25) is 0 Å². The summed E-state index contributed by atoms with van der Waals surface area (Å²) in [6.07, 6.45) is 0. The highest BCUT2D eigenvalue weighted by Gasteiger charge is 2.16. The number of thiophene rings is 1. The van der Waals surface area contributed by atoms with Crippen molar-refractivity contribution in [3.8, 4) is 16.2 Å². The third-order valence-corrected chi connectivity index (χ3v) is 4.73. The monoisotopic (exact) mass is 372 g/mol. The molecule has 6 nitrogen and oxygen atoms in total. The molecule has 3 rings (SSSR count). The van der Waals surface area contributed by atoms with Gasteiger partial charge in [0.05, 0.1) is 22.6 Å². The van der Waals surface area contributed by atoms with Gasteiger partial charge in [0.1, 0.15) is 11.6 Å². The number of anilines is 1. The zero-order valence-corrected chi connectivity index (χ0v) is 14.4. The van der Waals surface area contributed by atoms with Crippen LogP contribution in [0.25, 0.3) is 10.4 Å². The first-order chi connectivity index (χ1) is 12.5. The topological polar surface area (TPSA) is 81.5 Å². The van der Waals surface area contributed by atoms with Gasteiger partial charge >= 0.3 is 0 Å². The van der Waals surface area contributed by atoms with Crippen molar-refractivity contribution in [2.24, 2.45) is 0 Å². The van der Waals surface area contributed by atoms with Crippen LogP contribution in [-0.4, -0.2) is 17.9 Å². The molecule has 2 aromatic carbocycles. The van der Waals surface area contributed by atoms with E-state index in [9.17, 15) is 19.3 Å². The Labute approximate surface area is 152 Å². The Morgan fingerprint density at radius 1 is 1.15 bits per heavy atom. The number of nitrogens with one attached hydrogen (secondary N) is 1. The van der Waals surface area contributed by atoms with Gasteiger partial charge in [0.15, 0.2) is 0 Å². The predicted octanol–water partition coefficient (Wildman–Crippen LogP) is 4.72. The molecule has 0 fully saturated rings. The molecule has 8 heteroatoms. The van der Waals surface area contributed by atoms with Crippen molar-refractivity contribution in [2.75, 3.05) is 12.4 Å². The van der Waals surface area contributed by atoms with Gasteiger partial charge in [0.2, 0.25) is 0 Å². The highest BCUT2D eigenvalue weighted by molar-refractivity contribution is 7.17. The first-order valence-corrected chi connectivity index (χ1v) is 8.29. The molecule has 0 spiro atoms. The predicted molar refractivity (Wildman–Crippen MR) is 97.3 cm³/mol. The summed E-state index contributed by atoms with van der Waals surface area (Å²) in [6, 6.07) is 13.3. The number of ether oxygens (including phenoxy) is 1. The summed E-state index contributed by atoms with van der Waals surface area (Å²) in [7, 11) is 1.41. The summed E-state index contributed by atoms with van der Waals surface area (Å²) in [6.45, 7) is 0. The van der Waals surface area contributed by atoms with E-state index < -0.39 is 10.8 Å². The Bertz CT molecular complexity index is 970. The Morgan fingerprint density at radius 3 is 2.54 bits per heavy atom. The van der Waals surface area contributed by atoms with Crippen LogP contribution >= 0.6 is 11.3 Å². The Morgan fingerprint density at radius 2 is 1.88 bits per heavy atom. The molecule has 26 heavy (non-hydrogen) atoms. The molecule has 0 aliphatic carbocycles. The van der Waals surface area contributed by atoms with E-state index in [0.717, 1.165) is 10.4 Å². The number of benzene rings is 2. The number of carbonyl (C=O) groups excluding carboxylic acids is 1. The van der Waals surface area contributed by atoms with Gasteiger partial charge in [0, 0.05) is 17.0 Å². The molecule has 1 aromatic heterocycles. The zero-order valence-electron chi connectivity index (χ0n) is 13.6. The minimum atomic E-state index is -0.549. The fraction of sp³-hybridized carbons (Fsp3) is 0.0556. The molecule has 0 bridgehead atoms. The maximum atomic E-state index is 13.0. The molecular weight excluding hydrogens is 359 g/mol. The quantitative estimate of drug-likeness (QED) is 0.519. The van der Waals surface area contributed by atoms with E-state index in [1.54, 1.807) is 24.3 Å². The fourth-order valence-corrected chi connectivity index (χ4v) is 3.23. The van der Waals surface area contributed by atoms with Gasteiger partial charge in [-0.15, -0.1) is 11.3 Å². The number of halogens is 1. The SMILES string of the molecule is COc1ccc([N+](=O)[O-])cc1NC(=O)c1ccc(-c2ccc(F)cc2)s1. The maximum Gasteiger partial charge on any atom is 0.271 e. The number of nitro groups is 1. The lowest BCUT2D eigenvalue weighted by Gasteiger charge is -2.09. The number of carbonyl (C=O) groups is 1. The minimum absolute atomic E-state index is 0.153. The Balaban J connectivity index is 1.84. The number of rotatable bonds is 5. The number of non-ortho nitro benzene ring substituents is 1. The maximum absolute atomic E-state index is 13.0. The standard InChI is InChI=1S/C18H13FN2O4S/c1-25-15-7-6-13(21(23)24)10-14(15)20-18(22)17-9-8-16(26-17)11-2-4-12(19)5-3-11/h2-10H,1H3,(H,20,22). The van der Waals surface area contributed by atoms with Crippen molar-refractivity contribution in [3.05, 3.63) is 75.4 Å². The van der Waals surface area contributed by atoms with Gasteiger partial charge in [-0.2, -0.15) is 0 Å². The van der Waals surface area contributed by atoms with Gasteiger partial charge in [-0.1, -0.05) is 12.1 Å². The summed E-state index contributed by atoms with van der Waals surface area (Å²) in [5.74, 6) is -0.428. The number of hydrogen-bond donors (Lipinski definition) is 1. The van der Waals surface area contributed by atoms with Crippen molar-refractivity contribution in [2.45, 2.75) is 0 Å². The second-order valence-corrected chi connectivity index (χ2v) is 6.35. The molecule has 0 unspecified atom stereocenters.